The van der Waals surface area contributed by atoms with Gasteiger partial charge in [-0.1, -0.05) is 38.1 Å². The molecule has 2 unspecified atom stereocenters. The molecule has 100 valence electrons. The van der Waals surface area contributed by atoms with E-state index in [1.807, 2.05) is 23.1 Å². The molecule has 1 aliphatic rings. The van der Waals surface area contributed by atoms with Crippen LogP contribution in [0.1, 0.15) is 50.4 Å². The maximum absolute atomic E-state index is 4.81. The molecular formula is C14H22N2S2. The molecule has 0 saturated heterocycles. The van der Waals surface area contributed by atoms with Crippen LogP contribution >= 0.6 is 23.1 Å². The lowest BCUT2D eigenvalue weighted by Crippen LogP contribution is -2.30. The van der Waals surface area contributed by atoms with Crippen molar-refractivity contribution >= 4 is 28.3 Å². The third-order valence-electron chi connectivity index (χ3n) is 3.22. The van der Waals surface area contributed by atoms with Crippen molar-refractivity contribution in [1.82, 2.24) is 5.32 Å². The van der Waals surface area contributed by atoms with Gasteiger partial charge in [-0.3, -0.25) is 4.99 Å². The summed E-state index contributed by atoms with van der Waals surface area (Å²) in [6.45, 7) is 4.47. The van der Waals surface area contributed by atoms with Crippen molar-refractivity contribution in [2.45, 2.75) is 51.6 Å². The molecule has 1 aliphatic heterocycles. The molecule has 0 saturated carbocycles. The van der Waals surface area contributed by atoms with Gasteiger partial charge in [0.05, 0.1) is 12.1 Å². The van der Waals surface area contributed by atoms with Crippen LogP contribution in [-0.4, -0.2) is 17.0 Å². The van der Waals surface area contributed by atoms with Gasteiger partial charge in [0, 0.05) is 10.6 Å². The van der Waals surface area contributed by atoms with Gasteiger partial charge in [-0.05, 0) is 30.7 Å². The van der Waals surface area contributed by atoms with Crippen molar-refractivity contribution in [1.29, 1.82) is 0 Å². The summed E-state index contributed by atoms with van der Waals surface area (Å²) in [6, 6.07) is 5.33. The smallest absolute Gasteiger partial charge is 0.157 e. The monoisotopic (exact) mass is 282 g/mol. The maximum Gasteiger partial charge on any atom is 0.157 e. The number of nitrogens with zero attached hydrogens (tertiary/aromatic N) is 1. The molecule has 1 aromatic heterocycles. The summed E-state index contributed by atoms with van der Waals surface area (Å²) < 4.78 is 0. The van der Waals surface area contributed by atoms with Gasteiger partial charge in [0.15, 0.2) is 5.17 Å². The zero-order valence-corrected chi connectivity index (χ0v) is 12.8. The van der Waals surface area contributed by atoms with E-state index in [1.54, 1.807) is 0 Å². The number of thioether (sulfide) groups is 1. The first-order valence-electron chi connectivity index (χ1n) is 6.84. The van der Waals surface area contributed by atoms with Crippen LogP contribution in [-0.2, 0) is 0 Å². The number of aliphatic imine (C=N–C) groups is 1. The summed E-state index contributed by atoms with van der Waals surface area (Å²) in [4.78, 5) is 6.23. The van der Waals surface area contributed by atoms with E-state index < -0.39 is 0 Å². The average Bonchev–Trinajstić information content (AvgIpc) is 2.92. The fourth-order valence-electron chi connectivity index (χ4n) is 2.15. The van der Waals surface area contributed by atoms with Crippen molar-refractivity contribution in [3.63, 3.8) is 0 Å². The highest BCUT2D eigenvalue weighted by Crippen LogP contribution is 2.26. The predicted octanol–water partition coefficient (Wildman–Crippen LogP) is 4.45. The number of nitrogens with one attached hydrogen (secondary N) is 1. The number of thiophene rings is 1. The van der Waals surface area contributed by atoms with Crippen LogP contribution in [0.2, 0.25) is 0 Å². The number of amidine groups is 1. The quantitative estimate of drug-likeness (QED) is 0.863. The number of hydrogen-bond donors (Lipinski definition) is 1. The van der Waals surface area contributed by atoms with Gasteiger partial charge >= 0.3 is 0 Å². The minimum atomic E-state index is 0.442. The molecule has 4 heteroatoms. The normalized spacial score (nSPS) is 21.4. The Morgan fingerprint density at radius 3 is 3.06 bits per heavy atom. The molecule has 0 fully saturated rings. The third-order valence-corrected chi connectivity index (χ3v) is 5.15. The van der Waals surface area contributed by atoms with Crippen molar-refractivity contribution in [2.24, 2.45) is 4.99 Å². The first-order chi connectivity index (χ1) is 8.83. The molecule has 0 bridgehead atoms. The molecule has 2 rings (SSSR count). The van der Waals surface area contributed by atoms with Gasteiger partial charge in [-0.25, -0.2) is 0 Å². The highest BCUT2D eigenvalue weighted by Gasteiger charge is 2.18. The second-order valence-corrected chi connectivity index (χ2v) is 6.70. The Morgan fingerprint density at radius 1 is 1.50 bits per heavy atom. The average molecular weight is 282 g/mol. The Balaban J connectivity index is 2.02. The predicted molar refractivity (Wildman–Crippen MR) is 83.7 cm³/mol. The summed E-state index contributed by atoms with van der Waals surface area (Å²) in [7, 11) is 0. The van der Waals surface area contributed by atoms with Gasteiger partial charge in [0.2, 0.25) is 0 Å². The maximum atomic E-state index is 4.81. The third kappa shape index (κ3) is 3.75. The minimum Gasteiger partial charge on any atom is -0.357 e. The van der Waals surface area contributed by atoms with E-state index in [4.69, 9.17) is 4.99 Å². The van der Waals surface area contributed by atoms with E-state index >= 15 is 0 Å². The second-order valence-electron chi connectivity index (χ2n) is 4.63. The number of rotatable bonds is 5. The van der Waals surface area contributed by atoms with Crippen LogP contribution in [0.4, 0.5) is 0 Å². The molecule has 0 radical (unpaired) electrons. The Labute approximate surface area is 118 Å². The van der Waals surface area contributed by atoms with Gasteiger partial charge in [-0.2, -0.15) is 0 Å². The van der Waals surface area contributed by atoms with Crippen molar-refractivity contribution in [3.05, 3.63) is 22.4 Å². The Morgan fingerprint density at radius 2 is 2.39 bits per heavy atom. The molecule has 0 amide bonds. The van der Waals surface area contributed by atoms with Crippen molar-refractivity contribution in [3.8, 4) is 0 Å². The highest BCUT2D eigenvalue weighted by atomic mass is 32.2. The van der Waals surface area contributed by atoms with Gasteiger partial charge in [0.25, 0.3) is 0 Å². The summed E-state index contributed by atoms with van der Waals surface area (Å²) in [6.07, 6.45) is 4.76. The lowest BCUT2D eigenvalue weighted by atomic mass is 10.1. The van der Waals surface area contributed by atoms with E-state index in [0.29, 0.717) is 12.1 Å². The zero-order chi connectivity index (χ0) is 12.8. The summed E-state index contributed by atoms with van der Waals surface area (Å²) in [5.74, 6) is 1.20. The molecule has 2 nitrogen and oxygen atoms in total. The number of hydrogen-bond acceptors (Lipinski definition) is 4. The van der Waals surface area contributed by atoms with Gasteiger partial charge in [-0.15, -0.1) is 11.3 Å². The zero-order valence-electron chi connectivity index (χ0n) is 11.2. The Kier molecular flexibility index (Phi) is 5.57. The van der Waals surface area contributed by atoms with Crippen molar-refractivity contribution < 1.29 is 0 Å². The van der Waals surface area contributed by atoms with E-state index in [1.165, 1.54) is 29.9 Å². The van der Waals surface area contributed by atoms with Crippen LogP contribution in [0.5, 0.6) is 0 Å². The van der Waals surface area contributed by atoms with Crippen LogP contribution in [0, 0.1) is 0 Å². The second kappa shape index (κ2) is 7.19. The van der Waals surface area contributed by atoms with E-state index in [2.05, 4.69) is 36.7 Å². The molecule has 0 spiro atoms. The summed E-state index contributed by atoms with van der Waals surface area (Å²) in [5, 5.41) is 6.96. The molecule has 18 heavy (non-hydrogen) atoms. The fraction of sp³-hybridized carbons (Fsp3) is 0.643. The highest BCUT2D eigenvalue weighted by molar-refractivity contribution is 8.13. The van der Waals surface area contributed by atoms with E-state index in [0.717, 1.165) is 11.6 Å². The van der Waals surface area contributed by atoms with Crippen LogP contribution < -0.4 is 5.32 Å². The largest absolute Gasteiger partial charge is 0.357 e. The summed E-state index contributed by atoms with van der Waals surface area (Å²) >= 11 is 3.72. The van der Waals surface area contributed by atoms with E-state index in [-0.39, 0.29) is 0 Å². The lowest BCUT2D eigenvalue weighted by molar-refractivity contribution is 0.580. The molecule has 2 atom stereocenters. The topological polar surface area (TPSA) is 24.4 Å². The van der Waals surface area contributed by atoms with Crippen LogP contribution in [0.25, 0.3) is 0 Å². The van der Waals surface area contributed by atoms with Gasteiger partial charge < -0.3 is 5.32 Å². The standard InChI is InChI=1S/C14H22N2S2/c1-3-6-12(13-7-5-9-17-13)16-14-15-11(4-2)8-10-18-14/h5,7,9,11-12H,3-4,6,8,10H2,1-2H3,(H,15,16). The fourth-order valence-corrected chi connectivity index (χ4v) is 3.99. The molecule has 0 aromatic carbocycles. The lowest BCUT2D eigenvalue weighted by Gasteiger charge is -2.24. The first-order valence-corrected chi connectivity index (χ1v) is 8.70. The first kappa shape index (κ1) is 13.9. The van der Waals surface area contributed by atoms with Crippen molar-refractivity contribution in [2.75, 3.05) is 5.75 Å². The molecule has 1 N–H and O–H groups in total. The van der Waals surface area contributed by atoms with Gasteiger partial charge in [0.1, 0.15) is 0 Å². The Hall–Kier alpha value is -0.480. The molecule has 0 aliphatic carbocycles. The molecule has 1 aromatic rings. The SMILES string of the molecule is CCCC(NC1=NC(CC)CCS1)c1cccs1. The molecule has 2 heterocycles. The van der Waals surface area contributed by atoms with E-state index in [9.17, 15) is 0 Å². The Bertz CT molecular complexity index is 373. The minimum absolute atomic E-state index is 0.442. The van der Waals surface area contributed by atoms with Crippen LogP contribution in [0.15, 0.2) is 22.5 Å². The van der Waals surface area contributed by atoms with Crippen LogP contribution in [0.3, 0.4) is 0 Å². The summed E-state index contributed by atoms with van der Waals surface area (Å²) in [5.41, 5.74) is 0. The molecular weight excluding hydrogens is 260 g/mol.